The lowest BCUT2D eigenvalue weighted by Gasteiger charge is -2.36. The third-order valence-electron chi connectivity index (χ3n) is 4.04. The van der Waals surface area contributed by atoms with E-state index in [0.717, 1.165) is 48.6 Å². The van der Waals surface area contributed by atoms with Gasteiger partial charge in [0.05, 0.1) is 0 Å². The van der Waals surface area contributed by atoms with Gasteiger partial charge in [0.15, 0.2) is 0 Å². The highest BCUT2D eigenvalue weighted by atomic mass is 79.9. The van der Waals surface area contributed by atoms with Crippen molar-refractivity contribution in [3.8, 4) is 5.75 Å². The topological polar surface area (TPSA) is 15.7 Å². The SMILES string of the molecule is Fc1ccc(N2CCN(CCOc3cccc(Br)c3)CC2)cc1. The van der Waals surface area contributed by atoms with Gasteiger partial charge in [0.25, 0.3) is 0 Å². The van der Waals surface area contributed by atoms with E-state index in [-0.39, 0.29) is 5.82 Å². The van der Waals surface area contributed by atoms with Crippen molar-refractivity contribution in [2.24, 2.45) is 0 Å². The van der Waals surface area contributed by atoms with Gasteiger partial charge in [-0.1, -0.05) is 22.0 Å². The Balaban J connectivity index is 1.41. The standard InChI is InChI=1S/C18H20BrFN2O/c19-15-2-1-3-18(14-15)23-13-12-21-8-10-22(11-9-21)17-6-4-16(20)5-7-17/h1-7,14H,8-13H2. The van der Waals surface area contributed by atoms with E-state index in [1.807, 2.05) is 36.4 Å². The molecule has 0 saturated carbocycles. The Morgan fingerprint density at radius 2 is 1.74 bits per heavy atom. The van der Waals surface area contributed by atoms with Gasteiger partial charge in [-0.2, -0.15) is 0 Å². The van der Waals surface area contributed by atoms with Gasteiger partial charge in [-0.3, -0.25) is 4.90 Å². The fourth-order valence-corrected chi connectivity index (χ4v) is 3.11. The summed E-state index contributed by atoms with van der Waals surface area (Å²) >= 11 is 3.44. The molecule has 0 atom stereocenters. The van der Waals surface area contributed by atoms with Crippen LogP contribution in [0.15, 0.2) is 53.0 Å². The Bertz CT molecular complexity index is 627. The summed E-state index contributed by atoms with van der Waals surface area (Å²) in [5, 5.41) is 0. The highest BCUT2D eigenvalue weighted by molar-refractivity contribution is 9.10. The predicted octanol–water partition coefficient (Wildman–Crippen LogP) is 3.79. The molecule has 0 spiro atoms. The monoisotopic (exact) mass is 378 g/mol. The van der Waals surface area contributed by atoms with Crippen LogP contribution in [0.25, 0.3) is 0 Å². The predicted molar refractivity (Wildman–Crippen MR) is 94.7 cm³/mol. The van der Waals surface area contributed by atoms with Crippen molar-refractivity contribution >= 4 is 21.6 Å². The summed E-state index contributed by atoms with van der Waals surface area (Å²) in [6.07, 6.45) is 0. The second kappa shape index (κ2) is 7.79. The molecule has 1 aliphatic rings. The molecule has 0 bridgehead atoms. The summed E-state index contributed by atoms with van der Waals surface area (Å²) in [5.41, 5.74) is 1.09. The lowest BCUT2D eigenvalue weighted by Crippen LogP contribution is -2.47. The Morgan fingerprint density at radius 1 is 1.00 bits per heavy atom. The normalized spacial score (nSPS) is 15.7. The number of anilines is 1. The first-order valence-electron chi connectivity index (χ1n) is 7.82. The molecule has 0 radical (unpaired) electrons. The Labute approximate surface area is 144 Å². The number of ether oxygens (including phenoxy) is 1. The minimum absolute atomic E-state index is 0.183. The number of hydrogen-bond acceptors (Lipinski definition) is 3. The molecular formula is C18H20BrFN2O. The molecule has 1 aliphatic heterocycles. The van der Waals surface area contributed by atoms with Gasteiger partial charge in [-0.25, -0.2) is 4.39 Å². The van der Waals surface area contributed by atoms with E-state index in [1.165, 1.54) is 12.1 Å². The third-order valence-corrected chi connectivity index (χ3v) is 4.53. The molecule has 3 nitrogen and oxygen atoms in total. The fraction of sp³-hybridized carbons (Fsp3) is 0.333. The molecule has 0 amide bonds. The van der Waals surface area contributed by atoms with Gasteiger partial charge in [0.2, 0.25) is 0 Å². The minimum atomic E-state index is -0.183. The summed E-state index contributed by atoms with van der Waals surface area (Å²) in [6.45, 7) is 5.53. The minimum Gasteiger partial charge on any atom is -0.492 e. The number of rotatable bonds is 5. The molecule has 0 N–H and O–H groups in total. The van der Waals surface area contributed by atoms with Crippen LogP contribution in [0.3, 0.4) is 0 Å². The molecule has 0 unspecified atom stereocenters. The van der Waals surface area contributed by atoms with Crippen LogP contribution in [0.5, 0.6) is 5.75 Å². The van der Waals surface area contributed by atoms with Gasteiger partial charge >= 0.3 is 0 Å². The van der Waals surface area contributed by atoms with Crippen LogP contribution in [0.1, 0.15) is 0 Å². The first kappa shape index (κ1) is 16.3. The third kappa shape index (κ3) is 4.69. The molecule has 1 heterocycles. The van der Waals surface area contributed by atoms with E-state index in [2.05, 4.69) is 25.7 Å². The maximum atomic E-state index is 13.0. The van der Waals surface area contributed by atoms with E-state index >= 15 is 0 Å². The van der Waals surface area contributed by atoms with Gasteiger partial charge in [0.1, 0.15) is 18.2 Å². The number of benzene rings is 2. The van der Waals surface area contributed by atoms with Crippen molar-refractivity contribution in [3.63, 3.8) is 0 Å². The van der Waals surface area contributed by atoms with E-state index in [1.54, 1.807) is 0 Å². The van der Waals surface area contributed by atoms with Crippen LogP contribution >= 0.6 is 15.9 Å². The van der Waals surface area contributed by atoms with Crippen molar-refractivity contribution in [1.82, 2.24) is 4.90 Å². The second-order valence-corrected chi connectivity index (χ2v) is 6.53. The molecule has 2 aromatic rings. The van der Waals surface area contributed by atoms with Gasteiger partial charge in [-0.05, 0) is 42.5 Å². The lowest BCUT2D eigenvalue weighted by molar-refractivity contribution is 0.200. The average Bonchev–Trinajstić information content (AvgIpc) is 2.56. The average molecular weight is 379 g/mol. The Hall–Kier alpha value is -1.59. The van der Waals surface area contributed by atoms with Crippen molar-refractivity contribution in [2.75, 3.05) is 44.2 Å². The zero-order valence-electron chi connectivity index (χ0n) is 12.9. The molecule has 122 valence electrons. The van der Waals surface area contributed by atoms with Crippen LogP contribution < -0.4 is 9.64 Å². The zero-order valence-corrected chi connectivity index (χ0v) is 14.5. The Morgan fingerprint density at radius 3 is 2.43 bits per heavy atom. The van der Waals surface area contributed by atoms with E-state index in [4.69, 9.17) is 4.74 Å². The molecule has 0 aromatic heterocycles. The molecule has 1 saturated heterocycles. The van der Waals surface area contributed by atoms with Gasteiger partial charge in [0, 0.05) is 42.9 Å². The van der Waals surface area contributed by atoms with Crippen LogP contribution in [0, 0.1) is 5.82 Å². The number of halogens is 2. The number of piperazine rings is 1. The quantitative estimate of drug-likeness (QED) is 0.786. The largest absolute Gasteiger partial charge is 0.492 e. The van der Waals surface area contributed by atoms with Crippen LogP contribution in [-0.2, 0) is 0 Å². The highest BCUT2D eigenvalue weighted by Crippen LogP contribution is 2.18. The maximum absolute atomic E-state index is 13.0. The van der Waals surface area contributed by atoms with Crippen molar-refractivity contribution in [2.45, 2.75) is 0 Å². The van der Waals surface area contributed by atoms with Crippen molar-refractivity contribution < 1.29 is 9.13 Å². The van der Waals surface area contributed by atoms with Crippen LogP contribution in [-0.4, -0.2) is 44.2 Å². The van der Waals surface area contributed by atoms with Crippen LogP contribution in [0.4, 0.5) is 10.1 Å². The molecule has 0 aliphatic carbocycles. The van der Waals surface area contributed by atoms with Crippen LogP contribution in [0.2, 0.25) is 0 Å². The molecule has 1 fully saturated rings. The molecular weight excluding hydrogens is 359 g/mol. The maximum Gasteiger partial charge on any atom is 0.123 e. The molecule has 5 heteroatoms. The van der Waals surface area contributed by atoms with E-state index in [9.17, 15) is 4.39 Å². The summed E-state index contributed by atoms with van der Waals surface area (Å²) in [5.74, 6) is 0.710. The first-order valence-corrected chi connectivity index (χ1v) is 8.61. The van der Waals surface area contributed by atoms with Gasteiger partial charge < -0.3 is 9.64 Å². The summed E-state index contributed by atoms with van der Waals surface area (Å²) in [7, 11) is 0. The molecule has 3 rings (SSSR count). The van der Waals surface area contributed by atoms with E-state index < -0.39 is 0 Å². The molecule has 2 aromatic carbocycles. The first-order chi connectivity index (χ1) is 11.2. The summed E-state index contributed by atoms with van der Waals surface area (Å²) in [6, 6.07) is 14.6. The number of nitrogens with zero attached hydrogens (tertiary/aromatic N) is 2. The lowest BCUT2D eigenvalue weighted by atomic mass is 10.2. The summed E-state index contributed by atoms with van der Waals surface area (Å²) in [4.78, 5) is 4.70. The fourth-order valence-electron chi connectivity index (χ4n) is 2.73. The Kier molecular flexibility index (Phi) is 5.51. The smallest absolute Gasteiger partial charge is 0.123 e. The summed E-state index contributed by atoms with van der Waals surface area (Å²) < 4.78 is 19.8. The zero-order chi connectivity index (χ0) is 16.1. The van der Waals surface area contributed by atoms with Gasteiger partial charge in [-0.15, -0.1) is 0 Å². The van der Waals surface area contributed by atoms with Crippen molar-refractivity contribution in [1.29, 1.82) is 0 Å². The number of hydrogen-bond donors (Lipinski definition) is 0. The highest BCUT2D eigenvalue weighted by Gasteiger charge is 2.17. The van der Waals surface area contributed by atoms with E-state index in [0.29, 0.717) is 6.61 Å². The van der Waals surface area contributed by atoms with Crippen molar-refractivity contribution in [3.05, 3.63) is 58.8 Å². The molecule has 23 heavy (non-hydrogen) atoms. The second-order valence-electron chi connectivity index (χ2n) is 5.61.